The maximum absolute atomic E-state index is 13.7. The third kappa shape index (κ3) is 3.44. The van der Waals surface area contributed by atoms with Crippen LogP contribution in [0, 0.1) is 5.82 Å². The Labute approximate surface area is 111 Å². The Morgan fingerprint density at radius 3 is 2.58 bits per heavy atom. The summed E-state index contributed by atoms with van der Waals surface area (Å²) < 4.78 is 19.3. The third-order valence-electron chi connectivity index (χ3n) is 3.27. The molecule has 0 amide bonds. The summed E-state index contributed by atoms with van der Waals surface area (Å²) in [6.45, 7) is 3.96. The number of aromatic carboxylic acids is 1. The molecule has 0 bridgehead atoms. The van der Waals surface area contributed by atoms with Gasteiger partial charge >= 0.3 is 5.97 Å². The van der Waals surface area contributed by atoms with Gasteiger partial charge in [-0.1, -0.05) is 0 Å². The minimum absolute atomic E-state index is 0.0806. The van der Waals surface area contributed by atoms with Crippen LogP contribution < -0.4 is 5.32 Å². The van der Waals surface area contributed by atoms with Gasteiger partial charge in [0, 0.05) is 6.04 Å². The molecule has 2 N–H and O–H groups in total. The predicted molar refractivity (Wildman–Crippen MR) is 70.0 cm³/mol. The summed E-state index contributed by atoms with van der Waals surface area (Å²) in [5.41, 5.74) is 0.322. The van der Waals surface area contributed by atoms with Gasteiger partial charge in [0.25, 0.3) is 0 Å². The average Bonchev–Trinajstić information content (AvgIpc) is 2.30. The molecule has 2 unspecified atom stereocenters. The molecule has 1 aliphatic rings. The number of hydrogen-bond acceptors (Lipinski definition) is 3. The molecule has 104 valence electrons. The van der Waals surface area contributed by atoms with Crippen molar-refractivity contribution in [2.45, 2.75) is 44.9 Å². The molecule has 1 heterocycles. The highest BCUT2D eigenvalue weighted by molar-refractivity contribution is 5.88. The number of rotatable bonds is 3. The molecular weight excluding hydrogens is 249 g/mol. The lowest BCUT2D eigenvalue weighted by Gasteiger charge is -2.33. The fourth-order valence-corrected chi connectivity index (χ4v) is 2.51. The van der Waals surface area contributed by atoms with Crippen molar-refractivity contribution in [2.24, 2.45) is 0 Å². The van der Waals surface area contributed by atoms with E-state index in [2.05, 4.69) is 5.32 Å². The van der Waals surface area contributed by atoms with Crippen LogP contribution in [0.2, 0.25) is 0 Å². The lowest BCUT2D eigenvalue weighted by atomic mass is 9.99. The largest absolute Gasteiger partial charge is 0.478 e. The van der Waals surface area contributed by atoms with Gasteiger partial charge in [0.2, 0.25) is 0 Å². The number of nitrogens with one attached hydrogen (secondary N) is 1. The SMILES string of the molecule is CC1CC(Nc2cc(C(=O)O)ccc2F)CC(C)O1. The Hall–Kier alpha value is -1.62. The molecule has 0 saturated carbocycles. The molecule has 1 aromatic rings. The zero-order chi connectivity index (χ0) is 14.0. The summed E-state index contributed by atoms with van der Waals surface area (Å²) in [5, 5.41) is 12.0. The molecule has 5 heteroatoms. The second-order valence-corrected chi connectivity index (χ2v) is 5.07. The number of benzene rings is 1. The molecule has 0 aromatic heterocycles. The quantitative estimate of drug-likeness (QED) is 0.884. The molecule has 1 saturated heterocycles. The second kappa shape index (κ2) is 5.57. The van der Waals surface area contributed by atoms with Gasteiger partial charge in [-0.25, -0.2) is 9.18 Å². The van der Waals surface area contributed by atoms with Crippen molar-refractivity contribution >= 4 is 11.7 Å². The van der Waals surface area contributed by atoms with Crippen molar-refractivity contribution in [1.29, 1.82) is 0 Å². The highest BCUT2D eigenvalue weighted by Gasteiger charge is 2.25. The Kier molecular flexibility index (Phi) is 4.04. The van der Waals surface area contributed by atoms with Crippen molar-refractivity contribution < 1.29 is 19.0 Å². The first-order valence-electron chi connectivity index (χ1n) is 6.40. The summed E-state index contributed by atoms with van der Waals surface area (Å²) >= 11 is 0. The number of carboxylic acid groups (broad SMARTS) is 1. The van der Waals surface area contributed by atoms with Crippen LogP contribution in [0.25, 0.3) is 0 Å². The van der Waals surface area contributed by atoms with Gasteiger partial charge in [0.15, 0.2) is 0 Å². The Morgan fingerprint density at radius 2 is 2.00 bits per heavy atom. The van der Waals surface area contributed by atoms with E-state index >= 15 is 0 Å². The highest BCUT2D eigenvalue weighted by Crippen LogP contribution is 2.24. The standard InChI is InChI=1S/C14H18FNO3/c1-8-5-11(6-9(2)19-8)16-13-7-10(14(17)18)3-4-12(13)15/h3-4,7-9,11,16H,5-6H2,1-2H3,(H,17,18). The third-order valence-corrected chi connectivity index (χ3v) is 3.27. The zero-order valence-electron chi connectivity index (χ0n) is 11.0. The molecule has 0 aliphatic carbocycles. The van der Waals surface area contributed by atoms with E-state index in [0.29, 0.717) is 0 Å². The van der Waals surface area contributed by atoms with Crippen LogP contribution in [-0.4, -0.2) is 29.3 Å². The van der Waals surface area contributed by atoms with Gasteiger partial charge in [-0.15, -0.1) is 0 Å². The molecule has 1 fully saturated rings. The summed E-state index contributed by atoms with van der Waals surface area (Å²) in [4.78, 5) is 10.9. The minimum atomic E-state index is -1.06. The molecule has 2 rings (SSSR count). The molecule has 1 aromatic carbocycles. The molecule has 1 aliphatic heterocycles. The Bertz CT molecular complexity index is 468. The van der Waals surface area contributed by atoms with Crippen LogP contribution in [0.5, 0.6) is 0 Å². The van der Waals surface area contributed by atoms with Crippen molar-refractivity contribution in [2.75, 3.05) is 5.32 Å². The highest BCUT2D eigenvalue weighted by atomic mass is 19.1. The van der Waals surface area contributed by atoms with E-state index in [-0.39, 0.29) is 29.5 Å². The number of anilines is 1. The van der Waals surface area contributed by atoms with E-state index in [4.69, 9.17) is 9.84 Å². The number of ether oxygens (including phenoxy) is 1. The average molecular weight is 267 g/mol. The number of carbonyl (C=O) groups is 1. The monoisotopic (exact) mass is 267 g/mol. The summed E-state index contributed by atoms with van der Waals surface area (Å²) in [6.07, 6.45) is 1.79. The lowest BCUT2D eigenvalue weighted by molar-refractivity contribution is -0.0338. The van der Waals surface area contributed by atoms with E-state index < -0.39 is 11.8 Å². The van der Waals surface area contributed by atoms with Crippen molar-refractivity contribution in [3.8, 4) is 0 Å². The molecule has 19 heavy (non-hydrogen) atoms. The van der Waals surface area contributed by atoms with E-state index in [0.717, 1.165) is 12.8 Å². The first-order valence-corrected chi connectivity index (χ1v) is 6.40. The van der Waals surface area contributed by atoms with E-state index in [9.17, 15) is 9.18 Å². The topological polar surface area (TPSA) is 58.6 Å². The van der Waals surface area contributed by atoms with Gasteiger partial charge in [-0.2, -0.15) is 0 Å². The Balaban J connectivity index is 2.13. The summed E-state index contributed by atoms with van der Waals surface area (Å²) in [5.74, 6) is -1.49. The first kappa shape index (κ1) is 13.8. The number of hydrogen-bond donors (Lipinski definition) is 2. The van der Waals surface area contributed by atoms with Crippen LogP contribution in [0.15, 0.2) is 18.2 Å². The van der Waals surface area contributed by atoms with Gasteiger partial charge in [-0.3, -0.25) is 0 Å². The second-order valence-electron chi connectivity index (χ2n) is 5.07. The van der Waals surface area contributed by atoms with Gasteiger partial charge in [-0.05, 0) is 44.9 Å². The lowest BCUT2D eigenvalue weighted by Crippen LogP contribution is -2.37. The van der Waals surface area contributed by atoms with Crippen molar-refractivity contribution in [1.82, 2.24) is 0 Å². The molecular formula is C14H18FNO3. The van der Waals surface area contributed by atoms with E-state index in [1.165, 1.54) is 18.2 Å². The maximum atomic E-state index is 13.7. The number of carboxylic acids is 1. The van der Waals surface area contributed by atoms with Crippen LogP contribution in [0.4, 0.5) is 10.1 Å². The Morgan fingerprint density at radius 1 is 1.37 bits per heavy atom. The fourth-order valence-electron chi connectivity index (χ4n) is 2.51. The number of halogens is 1. The minimum Gasteiger partial charge on any atom is -0.478 e. The zero-order valence-corrected chi connectivity index (χ0v) is 11.0. The molecule has 4 nitrogen and oxygen atoms in total. The van der Waals surface area contributed by atoms with Crippen LogP contribution >= 0.6 is 0 Å². The first-order chi connectivity index (χ1) is 8.95. The smallest absolute Gasteiger partial charge is 0.335 e. The van der Waals surface area contributed by atoms with E-state index in [1.54, 1.807) is 0 Å². The van der Waals surface area contributed by atoms with Crippen LogP contribution in [-0.2, 0) is 4.74 Å². The summed E-state index contributed by atoms with van der Waals surface area (Å²) in [7, 11) is 0. The predicted octanol–water partition coefficient (Wildman–Crippen LogP) is 2.89. The van der Waals surface area contributed by atoms with Gasteiger partial charge < -0.3 is 15.2 Å². The molecule has 0 radical (unpaired) electrons. The fraction of sp³-hybridized carbons (Fsp3) is 0.500. The van der Waals surface area contributed by atoms with E-state index in [1.807, 2.05) is 13.8 Å². The normalized spacial score (nSPS) is 27.0. The van der Waals surface area contributed by atoms with Crippen molar-refractivity contribution in [3.05, 3.63) is 29.6 Å². The van der Waals surface area contributed by atoms with Crippen molar-refractivity contribution in [3.63, 3.8) is 0 Å². The molecule has 2 atom stereocenters. The summed E-state index contributed by atoms with van der Waals surface area (Å²) in [6, 6.07) is 3.87. The van der Waals surface area contributed by atoms with Gasteiger partial charge in [0.1, 0.15) is 5.82 Å². The molecule has 0 spiro atoms. The maximum Gasteiger partial charge on any atom is 0.335 e. The van der Waals surface area contributed by atoms with Gasteiger partial charge in [0.05, 0.1) is 23.5 Å². The van der Waals surface area contributed by atoms with Crippen LogP contribution in [0.1, 0.15) is 37.0 Å². The van der Waals surface area contributed by atoms with Crippen LogP contribution in [0.3, 0.4) is 0 Å².